The summed E-state index contributed by atoms with van der Waals surface area (Å²) in [5.41, 5.74) is 3.14. The number of rotatable bonds is 4. The molecule has 0 aliphatic carbocycles. The molecule has 0 radical (unpaired) electrons. The summed E-state index contributed by atoms with van der Waals surface area (Å²) < 4.78 is 0. The summed E-state index contributed by atoms with van der Waals surface area (Å²) in [7, 11) is 0. The van der Waals surface area contributed by atoms with Crippen molar-refractivity contribution in [3.8, 4) is 0 Å². The lowest BCUT2D eigenvalue weighted by molar-refractivity contribution is 0.0295. The van der Waals surface area contributed by atoms with E-state index in [1.807, 2.05) is 27.7 Å². The largest absolute Gasteiger partial charge is 0.769 e. The van der Waals surface area contributed by atoms with Crippen LogP contribution in [-0.2, 0) is 0 Å². The van der Waals surface area contributed by atoms with Crippen LogP contribution in [-0.4, -0.2) is 16.1 Å². The van der Waals surface area contributed by atoms with E-state index >= 15 is 0 Å². The standard InChI is InChI=1S/C12H18N4O4/c1-8(12(2,3)4)13-14-10-6-5-9(15(17)18)7-11(10)16(19)20/h5-7,14,19-20H,1-4H3/q-2. The molecule has 8 nitrogen and oxygen atoms in total. The van der Waals surface area contributed by atoms with Gasteiger partial charge in [0.25, 0.3) is 0 Å². The van der Waals surface area contributed by atoms with E-state index in [-0.39, 0.29) is 27.7 Å². The van der Waals surface area contributed by atoms with Crippen LogP contribution in [0.5, 0.6) is 0 Å². The van der Waals surface area contributed by atoms with E-state index in [0.29, 0.717) is 0 Å². The summed E-state index contributed by atoms with van der Waals surface area (Å²) in [5, 5.41) is 42.9. The Morgan fingerprint density at radius 2 is 1.85 bits per heavy atom. The van der Waals surface area contributed by atoms with Crippen LogP contribution in [0.25, 0.3) is 0 Å². The number of nitrogens with zero attached hydrogens (tertiary/aromatic N) is 3. The smallest absolute Gasteiger partial charge is 0.121 e. The maximum atomic E-state index is 10.7. The van der Waals surface area contributed by atoms with Gasteiger partial charge in [-0.15, -0.1) is 5.23 Å². The van der Waals surface area contributed by atoms with Gasteiger partial charge in [0.15, 0.2) is 0 Å². The van der Waals surface area contributed by atoms with Crippen LogP contribution in [0, 0.1) is 15.8 Å². The summed E-state index contributed by atoms with van der Waals surface area (Å²) in [4.78, 5) is 0. The molecule has 1 rings (SSSR count). The fourth-order valence-electron chi connectivity index (χ4n) is 1.21. The number of anilines is 3. The highest BCUT2D eigenvalue weighted by Gasteiger charge is 2.15. The molecular weight excluding hydrogens is 264 g/mol. The monoisotopic (exact) mass is 282 g/mol. The molecule has 0 bridgehead atoms. The van der Waals surface area contributed by atoms with Gasteiger partial charge in [-0.2, -0.15) is 5.10 Å². The van der Waals surface area contributed by atoms with Gasteiger partial charge >= 0.3 is 0 Å². The van der Waals surface area contributed by atoms with Crippen molar-refractivity contribution in [2.45, 2.75) is 27.7 Å². The van der Waals surface area contributed by atoms with Gasteiger partial charge in [0.1, 0.15) is 5.69 Å². The highest BCUT2D eigenvalue weighted by Crippen LogP contribution is 2.29. The molecule has 20 heavy (non-hydrogen) atoms. The molecule has 0 spiro atoms. The number of hydrogen-bond donors (Lipinski definition) is 3. The molecule has 0 atom stereocenters. The van der Waals surface area contributed by atoms with Crippen molar-refractivity contribution in [1.82, 2.24) is 0 Å². The third-order valence-corrected chi connectivity index (χ3v) is 2.84. The number of nitrogens with one attached hydrogen (secondary N) is 1. The van der Waals surface area contributed by atoms with Crippen LogP contribution in [0.1, 0.15) is 27.7 Å². The Labute approximate surface area is 117 Å². The summed E-state index contributed by atoms with van der Waals surface area (Å²) in [6, 6.07) is 3.63. The first-order chi connectivity index (χ1) is 9.12. The molecule has 3 N–H and O–H groups in total. The van der Waals surface area contributed by atoms with Crippen LogP contribution in [0.4, 0.5) is 17.1 Å². The Hall–Kier alpha value is -1.87. The van der Waals surface area contributed by atoms with E-state index in [0.717, 1.165) is 11.8 Å². The van der Waals surface area contributed by atoms with E-state index in [1.54, 1.807) is 0 Å². The van der Waals surface area contributed by atoms with Gasteiger partial charge in [0.2, 0.25) is 0 Å². The predicted molar refractivity (Wildman–Crippen MR) is 77.9 cm³/mol. The van der Waals surface area contributed by atoms with Crippen LogP contribution < -0.4 is 15.9 Å². The van der Waals surface area contributed by atoms with E-state index in [2.05, 4.69) is 10.5 Å². The maximum Gasteiger partial charge on any atom is 0.121 e. The van der Waals surface area contributed by atoms with Crippen molar-refractivity contribution in [2.75, 3.05) is 15.9 Å². The minimum atomic E-state index is -0.625. The molecule has 0 fully saturated rings. The van der Waals surface area contributed by atoms with E-state index < -0.39 is 5.23 Å². The zero-order valence-corrected chi connectivity index (χ0v) is 11.8. The Balaban J connectivity index is 3.07. The summed E-state index contributed by atoms with van der Waals surface area (Å²) in [6.45, 7) is 7.77. The molecule has 0 saturated heterocycles. The minimum absolute atomic E-state index is 0.147. The third kappa shape index (κ3) is 4.07. The minimum Gasteiger partial charge on any atom is -0.769 e. The molecule has 0 heterocycles. The van der Waals surface area contributed by atoms with Gasteiger partial charge in [0, 0.05) is 16.8 Å². The number of hydrogen-bond acceptors (Lipinski definition) is 8. The van der Waals surface area contributed by atoms with Gasteiger partial charge in [-0.05, 0) is 25.1 Å². The summed E-state index contributed by atoms with van der Waals surface area (Å²) in [6.07, 6.45) is 0. The zero-order valence-electron chi connectivity index (χ0n) is 11.8. The fraction of sp³-hybridized carbons (Fsp3) is 0.417. The SMILES string of the molecule is CC(=NNc1ccc(N([O-])[O-])cc1N(O)O)C(C)(C)C. The normalized spacial score (nSPS) is 12.3. The van der Waals surface area contributed by atoms with Crippen LogP contribution >= 0.6 is 0 Å². The topological polar surface area (TPSA) is 117 Å². The third-order valence-electron chi connectivity index (χ3n) is 2.84. The first kappa shape index (κ1) is 16.2. The van der Waals surface area contributed by atoms with E-state index in [4.69, 9.17) is 10.4 Å². The van der Waals surface area contributed by atoms with Gasteiger partial charge in [-0.1, -0.05) is 20.8 Å². The number of hydrazone groups is 1. The Morgan fingerprint density at radius 1 is 1.25 bits per heavy atom. The van der Waals surface area contributed by atoms with Gasteiger partial charge in [-0.25, -0.2) is 0 Å². The molecule has 0 saturated carbocycles. The Bertz CT molecular complexity index is 495. The summed E-state index contributed by atoms with van der Waals surface area (Å²) in [5.74, 6) is 0. The molecule has 1 aromatic carbocycles. The van der Waals surface area contributed by atoms with Crippen molar-refractivity contribution in [3.63, 3.8) is 0 Å². The first-order valence-electron chi connectivity index (χ1n) is 5.90. The quantitative estimate of drug-likeness (QED) is 0.574. The molecule has 0 aliphatic heterocycles. The van der Waals surface area contributed by atoms with Crippen molar-refractivity contribution >= 4 is 22.8 Å². The van der Waals surface area contributed by atoms with E-state index in [1.165, 1.54) is 12.1 Å². The van der Waals surface area contributed by atoms with Crippen LogP contribution in [0.2, 0.25) is 0 Å². The van der Waals surface area contributed by atoms with Gasteiger partial charge in [0.05, 0.1) is 5.69 Å². The van der Waals surface area contributed by atoms with Crippen LogP contribution in [0.15, 0.2) is 23.3 Å². The second-order valence-corrected chi connectivity index (χ2v) is 5.31. The number of benzene rings is 1. The van der Waals surface area contributed by atoms with Crippen molar-refractivity contribution in [1.29, 1.82) is 0 Å². The van der Waals surface area contributed by atoms with Crippen molar-refractivity contribution in [3.05, 3.63) is 28.6 Å². The molecule has 112 valence electrons. The summed E-state index contributed by atoms with van der Waals surface area (Å²) >= 11 is 0. The molecular formula is C12H18N4O4-2. The lowest BCUT2D eigenvalue weighted by Gasteiger charge is -2.37. The molecule has 0 unspecified atom stereocenters. The predicted octanol–water partition coefficient (Wildman–Crippen LogP) is 2.91. The Morgan fingerprint density at radius 3 is 2.30 bits per heavy atom. The van der Waals surface area contributed by atoms with Crippen molar-refractivity contribution < 1.29 is 10.4 Å². The highest BCUT2D eigenvalue weighted by molar-refractivity contribution is 5.88. The molecule has 0 amide bonds. The van der Waals surface area contributed by atoms with Gasteiger partial charge < -0.3 is 15.6 Å². The average Bonchev–Trinajstić information content (AvgIpc) is 2.34. The molecule has 0 aromatic heterocycles. The molecule has 0 aliphatic rings. The lowest BCUT2D eigenvalue weighted by Crippen LogP contribution is -2.19. The van der Waals surface area contributed by atoms with Crippen LogP contribution in [0.3, 0.4) is 0 Å². The molecule has 8 heteroatoms. The van der Waals surface area contributed by atoms with E-state index in [9.17, 15) is 10.4 Å². The van der Waals surface area contributed by atoms with Gasteiger partial charge in [-0.3, -0.25) is 15.8 Å². The van der Waals surface area contributed by atoms with Crippen molar-refractivity contribution in [2.24, 2.45) is 10.5 Å². The Kier molecular flexibility index (Phi) is 4.90. The average molecular weight is 282 g/mol. The lowest BCUT2D eigenvalue weighted by atomic mass is 9.91. The second kappa shape index (κ2) is 6.06. The molecule has 1 aromatic rings. The second-order valence-electron chi connectivity index (χ2n) is 5.31. The highest BCUT2D eigenvalue weighted by atomic mass is 16.8. The fourth-order valence-corrected chi connectivity index (χ4v) is 1.21. The maximum absolute atomic E-state index is 10.7. The first-order valence-corrected chi connectivity index (χ1v) is 5.90. The zero-order chi connectivity index (χ0) is 15.5.